The second kappa shape index (κ2) is 7.94. The molecule has 142 valence electrons. The molecule has 0 saturated carbocycles. The Hall–Kier alpha value is -2.64. The number of ether oxygens (including phenoxy) is 2. The van der Waals surface area contributed by atoms with Gasteiger partial charge in [-0.3, -0.25) is 4.79 Å². The molecule has 1 aromatic carbocycles. The average Bonchev–Trinajstić information content (AvgIpc) is 3.20. The number of hydrogen-bond acceptors (Lipinski definition) is 4. The van der Waals surface area contributed by atoms with Gasteiger partial charge in [0.15, 0.2) is 11.5 Å². The van der Waals surface area contributed by atoms with Gasteiger partial charge in [-0.05, 0) is 12.1 Å². The Labute approximate surface area is 166 Å². The van der Waals surface area contributed by atoms with Crippen molar-refractivity contribution < 1.29 is 14.3 Å². The van der Waals surface area contributed by atoms with Gasteiger partial charge in [-0.25, -0.2) is 4.68 Å². The monoisotopic (exact) mass is 408 g/mol. The maximum absolute atomic E-state index is 12.6. The molecule has 3 rings (SSSR count). The van der Waals surface area contributed by atoms with E-state index in [0.717, 1.165) is 5.56 Å². The molecule has 2 aromatic heterocycles. The lowest BCUT2D eigenvalue weighted by molar-refractivity contribution is 0.101. The fraction of sp³-hybridized carbons (Fsp3) is 0.222. The van der Waals surface area contributed by atoms with Crippen molar-refractivity contribution >= 4 is 34.9 Å². The Morgan fingerprint density at radius 3 is 2.63 bits per heavy atom. The van der Waals surface area contributed by atoms with Crippen molar-refractivity contribution in [2.75, 3.05) is 19.5 Å². The molecular weight excluding hydrogens is 391 g/mol. The van der Waals surface area contributed by atoms with Gasteiger partial charge in [-0.2, -0.15) is 5.10 Å². The standard InChI is InChI=1S/C18H18Cl2N4O3/c1-23-13(9-12(19)17(23)20)18(25)22-15-7-8-21-24(15)10-11-5-4-6-14(26-2)16(11)27-3/h4-9H,10H2,1-3H3,(H,22,25). The number of hydrogen-bond donors (Lipinski definition) is 1. The van der Waals surface area contributed by atoms with Crippen LogP contribution in [0.4, 0.5) is 5.82 Å². The third kappa shape index (κ3) is 3.74. The van der Waals surface area contributed by atoms with Crippen LogP contribution in [0.15, 0.2) is 36.5 Å². The van der Waals surface area contributed by atoms with Crippen molar-refractivity contribution in [3.8, 4) is 11.5 Å². The van der Waals surface area contributed by atoms with Gasteiger partial charge in [0.1, 0.15) is 16.7 Å². The number of nitrogens with one attached hydrogen (secondary N) is 1. The predicted molar refractivity (Wildman–Crippen MR) is 104 cm³/mol. The molecule has 0 aliphatic rings. The van der Waals surface area contributed by atoms with Gasteiger partial charge in [0.2, 0.25) is 0 Å². The van der Waals surface area contributed by atoms with Crippen LogP contribution in [0.3, 0.4) is 0 Å². The Morgan fingerprint density at radius 2 is 2.00 bits per heavy atom. The lowest BCUT2D eigenvalue weighted by Gasteiger charge is -2.14. The first-order valence-electron chi connectivity index (χ1n) is 8.00. The summed E-state index contributed by atoms with van der Waals surface area (Å²) in [5, 5.41) is 7.73. The number of nitrogens with zero attached hydrogens (tertiary/aromatic N) is 3. The van der Waals surface area contributed by atoms with Gasteiger partial charge < -0.3 is 19.4 Å². The molecule has 0 saturated heterocycles. The minimum absolute atomic E-state index is 0.302. The maximum atomic E-state index is 12.6. The summed E-state index contributed by atoms with van der Waals surface area (Å²) in [4.78, 5) is 12.6. The molecule has 0 atom stereocenters. The van der Waals surface area contributed by atoms with Gasteiger partial charge in [0.05, 0.1) is 32.0 Å². The van der Waals surface area contributed by atoms with Crippen molar-refractivity contribution in [3.05, 3.63) is 58.0 Å². The van der Waals surface area contributed by atoms with Gasteiger partial charge in [-0.15, -0.1) is 0 Å². The molecule has 1 N–H and O–H groups in total. The van der Waals surface area contributed by atoms with E-state index in [4.69, 9.17) is 32.7 Å². The van der Waals surface area contributed by atoms with Crippen LogP contribution >= 0.6 is 23.2 Å². The van der Waals surface area contributed by atoms with Crippen LogP contribution in [0.2, 0.25) is 10.2 Å². The summed E-state index contributed by atoms with van der Waals surface area (Å²) in [6.07, 6.45) is 1.60. The second-order valence-electron chi connectivity index (χ2n) is 5.71. The van der Waals surface area contributed by atoms with Crippen LogP contribution in [0.1, 0.15) is 16.1 Å². The number of anilines is 1. The molecule has 3 aromatic rings. The third-order valence-electron chi connectivity index (χ3n) is 4.11. The van der Waals surface area contributed by atoms with Crippen LogP contribution in [-0.4, -0.2) is 34.5 Å². The molecule has 0 spiro atoms. The summed E-state index contributed by atoms with van der Waals surface area (Å²) in [6, 6.07) is 8.82. The number of rotatable bonds is 6. The number of amides is 1. The molecule has 0 aliphatic heterocycles. The van der Waals surface area contributed by atoms with E-state index in [1.54, 1.807) is 38.2 Å². The zero-order chi connectivity index (χ0) is 19.6. The normalized spacial score (nSPS) is 10.7. The second-order valence-corrected chi connectivity index (χ2v) is 6.47. The summed E-state index contributed by atoms with van der Waals surface area (Å²) in [5.74, 6) is 1.43. The zero-order valence-corrected chi connectivity index (χ0v) is 16.5. The highest BCUT2D eigenvalue weighted by atomic mass is 35.5. The van der Waals surface area contributed by atoms with Crippen LogP contribution in [-0.2, 0) is 13.6 Å². The SMILES string of the molecule is COc1cccc(Cn2nccc2NC(=O)c2cc(Cl)c(Cl)n2C)c1OC. The zero-order valence-electron chi connectivity index (χ0n) is 15.0. The Morgan fingerprint density at radius 1 is 1.22 bits per heavy atom. The van der Waals surface area contributed by atoms with Crippen molar-refractivity contribution in [1.82, 2.24) is 14.3 Å². The van der Waals surface area contributed by atoms with E-state index in [1.807, 2.05) is 18.2 Å². The first-order valence-corrected chi connectivity index (χ1v) is 8.75. The van der Waals surface area contributed by atoms with Crippen molar-refractivity contribution in [1.29, 1.82) is 0 Å². The first kappa shape index (κ1) is 19.1. The Balaban J connectivity index is 1.85. The van der Waals surface area contributed by atoms with Crippen molar-refractivity contribution in [2.45, 2.75) is 6.54 Å². The van der Waals surface area contributed by atoms with E-state index in [2.05, 4.69) is 10.4 Å². The fourth-order valence-electron chi connectivity index (χ4n) is 2.75. The van der Waals surface area contributed by atoms with E-state index in [1.165, 1.54) is 10.6 Å². The molecule has 2 heterocycles. The van der Waals surface area contributed by atoms with E-state index < -0.39 is 0 Å². The molecule has 0 unspecified atom stereocenters. The van der Waals surface area contributed by atoms with Crippen LogP contribution in [0.25, 0.3) is 0 Å². The average molecular weight is 409 g/mol. The number of methoxy groups -OCH3 is 2. The van der Waals surface area contributed by atoms with Crippen molar-refractivity contribution in [3.63, 3.8) is 0 Å². The van der Waals surface area contributed by atoms with E-state index in [-0.39, 0.29) is 5.91 Å². The minimum Gasteiger partial charge on any atom is -0.493 e. The lowest BCUT2D eigenvalue weighted by atomic mass is 10.2. The summed E-state index contributed by atoms with van der Waals surface area (Å²) < 4.78 is 13.9. The maximum Gasteiger partial charge on any atom is 0.273 e. The number of benzene rings is 1. The Kier molecular flexibility index (Phi) is 5.62. The van der Waals surface area contributed by atoms with Gasteiger partial charge in [0, 0.05) is 18.7 Å². The van der Waals surface area contributed by atoms with Crippen LogP contribution in [0, 0.1) is 0 Å². The third-order valence-corrected chi connectivity index (χ3v) is 4.95. The smallest absolute Gasteiger partial charge is 0.273 e. The van der Waals surface area contributed by atoms with Gasteiger partial charge in [-0.1, -0.05) is 35.3 Å². The quantitative estimate of drug-likeness (QED) is 0.672. The van der Waals surface area contributed by atoms with Gasteiger partial charge >= 0.3 is 0 Å². The topological polar surface area (TPSA) is 70.3 Å². The molecule has 0 radical (unpaired) electrons. The Bertz CT molecular complexity index is 981. The minimum atomic E-state index is -0.342. The number of carbonyl (C=O) groups is 1. The number of halogens is 2. The highest BCUT2D eigenvalue weighted by molar-refractivity contribution is 6.42. The number of para-hydroxylation sites is 1. The summed E-state index contributed by atoms with van der Waals surface area (Å²) >= 11 is 12.0. The molecule has 27 heavy (non-hydrogen) atoms. The van der Waals surface area contributed by atoms with Crippen LogP contribution in [0.5, 0.6) is 11.5 Å². The highest BCUT2D eigenvalue weighted by Crippen LogP contribution is 2.31. The summed E-state index contributed by atoms with van der Waals surface area (Å²) in [7, 11) is 4.83. The molecule has 0 aliphatic carbocycles. The van der Waals surface area contributed by atoms with Crippen molar-refractivity contribution in [2.24, 2.45) is 7.05 Å². The van der Waals surface area contributed by atoms with Gasteiger partial charge in [0.25, 0.3) is 5.91 Å². The molecule has 7 nitrogen and oxygen atoms in total. The van der Waals surface area contributed by atoms with E-state index >= 15 is 0 Å². The molecule has 9 heteroatoms. The first-order chi connectivity index (χ1) is 13.0. The fourth-order valence-corrected chi connectivity index (χ4v) is 3.12. The predicted octanol–water partition coefficient (Wildman–Crippen LogP) is 3.85. The lowest BCUT2D eigenvalue weighted by Crippen LogP contribution is -2.18. The molecule has 0 fully saturated rings. The summed E-state index contributed by atoms with van der Waals surface area (Å²) in [5.41, 5.74) is 1.21. The highest BCUT2D eigenvalue weighted by Gasteiger charge is 2.18. The molecule has 0 bridgehead atoms. The summed E-state index contributed by atoms with van der Waals surface area (Å²) in [6.45, 7) is 0.387. The number of aromatic nitrogens is 3. The molecular formula is C18H18Cl2N4O3. The van der Waals surface area contributed by atoms with E-state index in [9.17, 15) is 4.79 Å². The molecule has 1 amide bonds. The number of carbonyl (C=O) groups excluding carboxylic acids is 1. The van der Waals surface area contributed by atoms with E-state index in [0.29, 0.717) is 39.7 Å². The van der Waals surface area contributed by atoms with Crippen LogP contribution < -0.4 is 14.8 Å². The largest absolute Gasteiger partial charge is 0.493 e.